The first-order chi connectivity index (χ1) is 14.4. The van der Waals surface area contributed by atoms with Crippen LogP contribution in [0, 0.1) is 27.7 Å². The van der Waals surface area contributed by atoms with E-state index in [0.29, 0.717) is 6.04 Å². The summed E-state index contributed by atoms with van der Waals surface area (Å²) in [7, 11) is 2.23. The van der Waals surface area contributed by atoms with Crippen LogP contribution in [0.25, 0.3) is 0 Å². The number of anilines is 1. The molecule has 2 aromatic carbocycles. The molecule has 2 atom stereocenters. The average Bonchev–Trinajstić information content (AvgIpc) is 3.15. The highest BCUT2D eigenvalue weighted by Crippen LogP contribution is 2.41. The van der Waals surface area contributed by atoms with Crippen LogP contribution < -0.4 is 4.90 Å². The van der Waals surface area contributed by atoms with Gasteiger partial charge in [0.05, 0.1) is 6.10 Å². The number of hydrogen-bond donors (Lipinski definition) is 1. The summed E-state index contributed by atoms with van der Waals surface area (Å²) in [6.07, 6.45) is 2.91. The lowest BCUT2D eigenvalue weighted by atomic mass is 9.90. The number of fused-ring (bicyclic) bond motifs is 1. The molecule has 2 unspecified atom stereocenters. The molecule has 0 bridgehead atoms. The molecular formula is C27H40N2O. The number of aliphatic hydroxyl groups excluding tert-OH is 1. The number of para-hydroxylation sites is 1. The minimum atomic E-state index is -0.370. The fourth-order valence-corrected chi connectivity index (χ4v) is 5.40. The Labute approximate surface area is 183 Å². The molecule has 0 spiro atoms. The summed E-state index contributed by atoms with van der Waals surface area (Å²) in [4.78, 5) is 4.97. The molecule has 164 valence electrons. The Morgan fingerprint density at radius 2 is 1.43 bits per heavy atom. The number of nitrogens with zero attached hydrogens (tertiary/aromatic N) is 2. The molecule has 1 aliphatic heterocycles. The minimum Gasteiger partial charge on any atom is -0.387 e. The Balaban J connectivity index is 0.00000124. The van der Waals surface area contributed by atoms with E-state index < -0.39 is 0 Å². The average molecular weight is 409 g/mol. The maximum Gasteiger partial charge on any atom is 0.0953 e. The van der Waals surface area contributed by atoms with Gasteiger partial charge < -0.3 is 10.0 Å². The third-order valence-corrected chi connectivity index (χ3v) is 7.63. The van der Waals surface area contributed by atoms with Gasteiger partial charge in [0.15, 0.2) is 0 Å². The summed E-state index contributed by atoms with van der Waals surface area (Å²) in [5, 5.41) is 11.2. The number of piperidine rings is 1. The van der Waals surface area contributed by atoms with Crippen molar-refractivity contribution in [3.8, 4) is 0 Å². The van der Waals surface area contributed by atoms with Crippen LogP contribution in [-0.4, -0.2) is 42.2 Å². The van der Waals surface area contributed by atoms with E-state index in [1.54, 1.807) is 0 Å². The van der Waals surface area contributed by atoms with E-state index in [9.17, 15) is 5.11 Å². The highest BCUT2D eigenvalue weighted by atomic mass is 16.3. The summed E-state index contributed by atoms with van der Waals surface area (Å²) < 4.78 is 0. The van der Waals surface area contributed by atoms with Crippen molar-refractivity contribution in [3.05, 3.63) is 63.7 Å². The van der Waals surface area contributed by atoms with Gasteiger partial charge in [-0.2, -0.15) is 0 Å². The van der Waals surface area contributed by atoms with Crippen LogP contribution in [0.2, 0.25) is 0 Å². The fourth-order valence-electron chi connectivity index (χ4n) is 5.40. The molecule has 1 fully saturated rings. The third kappa shape index (κ3) is 4.02. The molecule has 0 radical (unpaired) electrons. The molecule has 1 aliphatic carbocycles. The Morgan fingerprint density at radius 1 is 0.867 bits per heavy atom. The molecule has 1 N–H and O–H groups in total. The number of rotatable bonds is 3. The summed E-state index contributed by atoms with van der Waals surface area (Å²) >= 11 is 0. The second-order valence-corrected chi connectivity index (χ2v) is 8.83. The highest BCUT2D eigenvalue weighted by Gasteiger charge is 2.39. The van der Waals surface area contributed by atoms with Gasteiger partial charge >= 0.3 is 0 Å². The van der Waals surface area contributed by atoms with E-state index in [-0.39, 0.29) is 12.1 Å². The molecule has 0 amide bonds. The zero-order valence-electron chi connectivity index (χ0n) is 20.0. The Hall–Kier alpha value is -1.84. The predicted molar refractivity (Wildman–Crippen MR) is 129 cm³/mol. The van der Waals surface area contributed by atoms with Crippen molar-refractivity contribution < 1.29 is 5.11 Å². The van der Waals surface area contributed by atoms with Gasteiger partial charge in [0.1, 0.15) is 0 Å². The zero-order valence-corrected chi connectivity index (χ0v) is 20.0. The smallest absolute Gasteiger partial charge is 0.0953 e. The van der Waals surface area contributed by atoms with Crippen molar-refractivity contribution in [2.24, 2.45) is 0 Å². The monoisotopic (exact) mass is 408 g/mol. The van der Waals surface area contributed by atoms with Gasteiger partial charge in [-0.15, -0.1) is 0 Å². The molecule has 3 nitrogen and oxygen atoms in total. The number of likely N-dealkylation sites (N-methyl/N-ethyl adjacent to an activating group) is 1. The Bertz CT molecular complexity index is 853. The van der Waals surface area contributed by atoms with Crippen molar-refractivity contribution in [2.75, 3.05) is 25.0 Å². The first-order valence-electron chi connectivity index (χ1n) is 11.7. The first kappa shape index (κ1) is 22.8. The van der Waals surface area contributed by atoms with Crippen LogP contribution >= 0.6 is 0 Å². The maximum atomic E-state index is 11.2. The van der Waals surface area contributed by atoms with Gasteiger partial charge in [-0.1, -0.05) is 32.0 Å². The van der Waals surface area contributed by atoms with Crippen LogP contribution in [0.1, 0.15) is 66.2 Å². The molecule has 0 aromatic heterocycles. The normalized spacial score (nSPS) is 21.4. The van der Waals surface area contributed by atoms with Gasteiger partial charge in [0.25, 0.3) is 0 Å². The zero-order chi connectivity index (χ0) is 22.0. The van der Waals surface area contributed by atoms with Crippen molar-refractivity contribution >= 4 is 5.69 Å². The van der Waals surface area contributed by atoms with E-state index >= 15 is 0 Å². The minimum absolute atomic E-state index is 0.196. The lowest BCUT2D eigenvalue weighted by Crippen LogP contribution is -2.48. The second-order valence-electron chi connectivity index (χ2n) is 8.83. The highest BCUT2D eigenvalue weighted by molar-refractivity contribution is 5.54. The van der Waals surface area contributed by atoms with Crippen LogP contribution in [0.5, 0.6) is 0 Å². The predicted octanol–water partition coefficient (Wildman–Crippen LogP) is 5.51. The van der Waals surface area contributed by atoms with E-state index in [1.807, 2.05) is 13.8 Å². The van der Waals surface area contributed by atoms with Crippen LogP contribution in [-0.2, 0) is 6.42 Å². The van der Waals surface area contributed by atoms with E-state index in [2.05, 4.69) is 74.9 Å². The molecule has 4 rings (SSSR count). The van der Waals surface area contributed by atoms with Crippen molar-refractivity contribution in [2.45, 2.75) is 79.0 Å². The molecule has 3 heteroatoms. The lowest BCUT2D eigenvalue weighted by molar-refractivity contribution is 0.0443. The summed E-state index contributed by atoms with van der Waals surface area (Å²) in [6.45, 7) is 15.0. The fraction of sp³-hybridized carbons (Fsp3) is 0.556. The molecule has 0 saturated carbocycles. The second kappa shape index (κ2) is 9.53. The van der Waals surface area contributed by atoms with E-state index in [1.165, 1.54) is 39.1 Å². The van der Waals surface area contributed by atoms with E-state index in [4.69, 9.17) is 0 Å². The third-order valence-electron chi connectivity index (χ3n) is 7.63. The maximum absolute atomic E-state index is 11.2. The molecular weight excluding hydrogens is 368 g/mol. The van der Waals surface area contributed by atoms with Crippen LogP contribution in [0.3, 0.4) is 0 Å². The van der Waals surface area contributed by atoms with Gasteiger partial charge in [-0.25, -0.2) is 0 Å². The van der Waals surface area contributed by atoms with Crippen molar-refractivity contribution in [1.82, 2.24) is 4.90 Å². The molecule has 1 heterocycles. The number of hydrogen-bond acceptors (Lipinski definition) is 3. The number of aliphatic hydroxyl groups is 1. The van der Waals surface area contributed by atoms with Gasteiger partial charge in [-0.05, 0) is 99.5 Å². The summed E-state index contributed by atoms with van der Waals surface area (Å²) in [5.41, 5.74) is 9.34. The van der Waals surface area contributed by atoms with Gasteiger partial charge in [-0.3, -0.25) is 4.90 Å². The van der Waals surface area contributed by atoms with Crippen LogP contribution in [0.15, 0.2) is 30.3 Å². The Kier molecular flexibility index (Phi) is 7.26. The van der Waals surface area contributed by atoms with Crippen molar-refractivity contribution in [3.63, 3.8) is 0 Å². The number of benzene rings is 2. The van der Waals surface area contributed by atoms with Crippen molar-refractivity contribution in [1.29, 1.82) is 0 Å². The van der Waals surface area contributed by atoms with E-state index in [0.717, 1.165) is 32.4 Å². The standard InChI is InChI=1S/C25H34N2O.C2H6/c1-16-17(2)19(4)24-22(18(16)3)15-23(25(24)28)26(5)20-11-13-27(14-12-20)21-9-7-6-8-10-21;1-2/h6-10,20,23,25,28H,11-15H2,1-5H3;1-2H3. The summed E-state index contributed by atoms with van der Waals surface area (Å²) in [6, 6.07) is 11.5. The van der Waals surface area contributed by atoms with Gasteiger partial charge in [0.2, 0.25) is 0 Å². The largest absolute Gasteiger partial charge is 0.387 e. The molecule has 1 saturated heterocycles. The topological polar surface area (TPSA) is 26.7 Å². The molecule has 2 aromatic rings. The SMILES string of the molecule is CC.Cc1c(C)c(C)c2c(c1C)CC(N(C)C1CCN(c3ccccc3)CC1)C2O. The van der Waals surface area contributed by atoms with Crippen LogP contribution in [0.4, 0.5) is 5.69 Å². The lowest BCUT2D eigenvalue weighted by Gasteiger charge is -2.41. The van der Waals surface area contributed by atoms with Gasteiger partial charge in [0, 0.05) is 30.9 Å². The Morgan fingerprint density at radius 3 is 2.03 bits per heavy atom. The first-order valence-corrected chi connectivity index (χ1v) is 11.7. The molecule has 2 aliphatic rings. The quantitative estimate of drug-likeness (QED) is 0.726. The molecule has 30 heavy (non-hydrogen) atoms. The summed E-state index contributed by atoms with van der Waals surface area (Å²) in [5.74, 6) is 0.